The first-order valence-electron chi connectivity index (χ1n) is 7.61. The van der Waals surface area contributed by atoms with Gasteiger partial charge in [0.2, 0.25) is 5.91 Å². The molecule has 0 saturated carbocycles. The highest BCUT2D eigenvalue weighted by molar-refractivity contribution is 6.32. The highest BCUT2D eigenvalue weighted by Crippen LogP contribution is 2.36. The summed E-state index contributed by atoms with van der Waals surface area (Å²) >= 11 is 5.70. The van der Waals surface area contributed by atoms with Gasteiger partial charge in [-0.3, -0.25) is 14.4 Å². The van der Waals surface area contributed by atoms with E-state index in [9.17, 15) is 18.0 Å². The van der Waals surface area contributed by atoms with E-state index in [1.165, 1.54) is 13.8 Å². The molecule has 1 aromatic heterocycles. The first-order valence-corrected chi connectivity index (χ1v) is 7.99. The fourth-order valence-electron chi connectivity index (χ4n) is 2.48. The molecule has 1 aliphatic rings. The van der Waals surface area contributed by atoms with E-state index in [1.54, 1.807) is 0 Å². The Morgan fingerprint density at radius 2 is 2.04 bits per heavy atom. The van der Waals surface area contributed by atoms with Crippen LogP contribution in [0, 0.1) is 6.92 Å². The Morgan fingerprint density at radius 3 is 2.58 bits per heavy atom. The van der Waals surface area contributed by atoms with E-state index in [0.29, 0.717) is 26.3 Å². The first-order chi connectivity index (χ1) is 11.2. The number of ether oxygens (including phenoxy) is 1. The standard InChI is InChI=1S/C14H20ClF3N4O2/c1-9-11(15)12(14(16,17)18)20-22(9)10(2)13(23)19-3-4-21-5-7-24-8-6-21/h10H,3-8H2,1-2H3,(H,19,23). The number of carbonyl (C=O) groups is 1. The lowest BCUT2D eigenvalue weighted by molar-refractivity contribution is -0.141. The van der Waals surface area contributed by atoms with E-state index in [1.807, 2.05) is 0 Å². The predicted molar refractivity (Wildman–Crippen MR) is 82.0 cm³/mol. The van der Waals surface area contributed by atoms with Gasteiger partial charge in [0.25, 0.3) is 0 Å². The van der Waals surface area contributed by atoms with Gasteiger partial charge in [-0.05, 0) is 13.8 Å². The number of aromatic nitrogens is 2. The summed E-state index contributed by atoms with van der Waals surface area (Å²) in [7, 11) is 0. The molecule has 1 atom stereocenters. The van der Waals surface area contributed by atoms with E-state index in [2.05, 4.69) is 15.3 Å². The average molecular weight is 369 g/mol. The van der Waals surface area contributed by atoms with Crippen LogP contribution in [0.5, 0.6) is 0 Å². The Balaban J connectivity index is 1.95. The maximum atomic E-state index is 12.8. The Morgan fingerprint density at radius 1 is 1.42 bits per heavy atom. The molecule has 0 radical (unpaired) electrons. The van der Waals surface area contributed by atoms with Crippen LogP contribution in [0.1, 0.15) is 24.4 Å². The molecule has 0 spiro atoms. The molecule has 2 rings (SSSR count). The van der Waals surface area contributed by atoms with Crippen molar-refractivity contribution >= 4 is 17.5 Å². The van der Waals surface area contributed by atoms with Crippen LogP contribution in [-0.4, -0.2) is 60.0 Å². The number of hydrogen-bond donors (Lipinski definition) is 1. The molecule has 1 aliphatic heterocycles. The van der Waals surface area contributed by atoms with Crippen molar-refractivity contribution in [1.82, 2.24) is 20.0 Å². The summed E-state index contributed by atoms with van der Waals surface area (Å²) in [5.41, 5.74) is -1.06. The lowest BCUT2D eigenvalue weighted by Gasteiger charge is -2.26. The van der Waals surface area contributed by atoms with Gasteiger partial charge >= 0.3 is 6.18 Å². The summed E-state index contributed by atoms with van der Waals surface area (Å²) in [6.07, 6.45) is -4.65. The molecule has 2 heterocycles. The third-order valence-electron chi connectivity index (χ3n) is 3.92. The van der Waals surface area contributed by atoms with Crippen LogP contribution in [0.3, 0.4) is 0 Å². The molecule has 136 valence electrons. The van der Waals surface area contributed by atoms with Crippen LogP contribution in [0.2, 0.25) is 5.02 Å². The molecule has 0 bridgehead atoms. The Kier molecular flexibility index (Phi) is 6.11. The number of rotatable bonds is 5. The first kappa shape index (κ1) is 19.0. The zero-order valence-electron chi connectivity index (χ0n) is 13.5. The number of morpholine rings is 1. The largest absolute Gasteiger partial charge is 0.436 e. The highest BCUT2D eigenvalue weighted by Gasteiger charge is 2.39. The van der Waals surface area contributed by atoms with Gasteiger partial charge < -0.3 is 10.1 Å². The molecule has 24 heavy (non-hydrogen) atoms. The minimum Gasteiger partial charge on any atom is -0.379 e. The van der Waals surface area contributed by atoms with Crippen LogP contribution in [0.25, 0.3) is 0 Å². The summed E-state index contributed by atoms with van der Waals surface area (Å²) < 4.78 is 44.8. The molecule has 1 N–H and O–H groups in total. The van der Waals surface area contributed by atoms with Gasteiger partial charge in [0, 0.05) is 26.2 Å². The van der Waals surface area contributed by atoms with Gasteiger partial charge in [0.05, 0.1) is 23.9 Å². The fourth-order valence-corrected chi connectivity index (χ4v) is 2.71. The zero-order valence-corrected chi connectivity index (χ0v) is 14.2. The van der Waals surface area contributed by atoms with Gasteiger partial charge in [-0.1, -0.05) is 11.6 Å². The van der Waals surface area contributed by atoms with Gasteiger partial charge in [-0.15, -0.1) is 0 Å². The molecule has 1 unspecified atom stereocenters. The molecular weight excluding hydrogens is 349 g/mol. The highest BCUT2D eigenvalue weighted by atomic mass is 35.5. The number of hydrogen-bond acceptors (Lipinski definition) is 4. The summed E-state index contributed by atoms with van der Waals surface area (Å²) in [6, 6.07) is -0.886. The van der Waals surface area contributed by atoms with Crippen molar-refractivity contribution in [2.24, 2.45) is 0 Å². The number of amides is 1. The molecule has 10 heteroatoms. The summed E-state index contributed by atoms with van der Waals surface area (Å²) in [6.45, 7) is 6.88. The fraction of sp³-hybridized carbons (Fsp3) is 0.714. The van der Waals surface area contributed by atoms with Gasteiger partial charge in [0.1, 0.15) is 6.04 Å². The lowest BCUT2D eigenvalue weighted by atomic mass is 10.3. The quantitative estimate of drug-likeness (QED) is 0.862. The predicted octanol–water partition coefficient (Wildman–Crippen LogP) is 1.87. The second-order valence-corrected chi connectivity index (χ2v) is 5.99. The van der Waals surface area contributed by atoms with Gasteiger partial charge in [0.15, 0.2) is 5.69 Å². The van der Waals surface area contributed by atoms with Gasteiger partial charge in [-0.25, -0.2) is 0 Å². The zero-order chi connectivity index (χ0) is 17.9. The molecule has 6 nitrogen and oxygen atoms in total. The molecule has 1 amide bonds. The van der Waals surface area contributed by atoms with Crippen LogP contribution < -0.4 is 5.32 Å². The molecule has 1 fully saturated rings. The second-order valence-electron chi connectivity index (χ2n) is 5.61. The molecule has 1 saturated heterocycles. The van der Waals surface area contributed by atoms with Crippen molar-refractivity contribution in [3.63, 3.8) is 0 Å². The number of nitrogens with zero attached hydrogens (tertiary/aromatic N) is 3. The van der Waals surface area contributed by atoms with Gasteiger partial charge in [-0.2, -0.15) is 18.3 Å². The van der Waals surface area contributed by atoms with Crippen molar-refractivity contribution in [3.8, 4) is 0 Å². The summed E-state index contributed by atoms with van der Waals surface area (Å²) in [5, 5.41) is 5.71. The molecule has 0 aliphatic carbocycles. The molecule has 1 aromatic rings. The number of alkyl halides is 3. The van der Waals surface area contributed by atoms with E-state index >= 15 is 0 Å². The lowest BCUT2D eigenvalue weighted by Crippen LogP contribution is -2.42. The minimum absolute atomic E-state index is 0.111. The third-order valence-corrected chi connectivity index (χ3v) is 4.38. The number of halogens is 4. The minimum atomic E-state index is -4.65. The van der Waals surface area contributed by atoms with E-state index in [0.717, 1.165) is 17.8 Å². The monoisotopic (exact) mass is 368 g/mol. The maximum Gasteiger partial charge on any atom is 0.436 e. The average Bonchev–Trinajstić information content (AvgIpc) is 2.83. The SMILES string of the molecule is Cc1c(Cl)c(C(F)(F)F)nn1C(C)C(=O)NCCN1CCOCC1. The second kappa shape index (κ2) is 7.71. The third kappa shape index (κ3) is 4.40. The Bertz CT molecular complexity index is 585. The van der Waals surface area contributed by atoms with E-state index in [-0.39, 0.29) is 5.69 Å². The van der Waals surface area contributed by atoms with E-state index < -0.39 is 28.8 Å². The summed E-state index contributed by atoms with van der Waals surface area (Å²) in [4.78, 5) is 14.3. The summed E-state index contributed by atoms with van der Waals surface area (Å²) in [5.74, 6) is -0.403. The van der Waals surface area contributed by atoms with Crippen LogP contribution in [0.15, 0.2) is 0 Å². The molecule has 0 aromatic carbocycles. The Hall–Kier alpha value is -1.32. The van der Waals surface area contributed by atoms with Crippen molar-refractivity contribution in [2.45, 2.75) is 26.1 Å². The Labute approximate surface area is 142 Å². The van der Waals surface area contributed by atoms with Crippen LogP contribution in [0.4, 0.5) is 13.2 Å². The number of carbonyl (C=O) groups excluding carboxylic acids is 1. The van der Waals surface area contributed by atoms with Crippen molar-refractivity contribution in [1.29, 1.82) is 0 Å². The van der Waals surface area contributed by atoms with Crippen molar-refractivity contribution in [2.75, 3.05) is 39.4 Å². The van der Waals surface area contributed by atoms with Crippen molar-refractivity contribution < 1.29 is 22.7 Å². The normalized spacial score (nSPS) is 17.8. The van der Waals surface area contributed by atoms with E-state index in [4.69, 9.17) is 16.3 Å². The number of nitrogens with one attached hydrogen (secondary N) is 1. The van der Waals surface area contributed by atoms with Crippen LogP contribution in [-0.2, 0) is 15.7 Å². The van der Waals surface area contributed by atoms with Crippen molar-refractivity contribution in [3.05, 3.63) is 16.4 Å². The van der Waals surface area contributed by atoms with Crippen LogP contribution >= 0.6 is 11.6 Å². The maximum absolute atomic E-state index is 12.8. The molecular formula is C14H20ClF3N4O2. The smallest absolute Gasteiger partial charge is 0.379 e. The topological polar surface area (TPSA) is 59.4 Å².